The van der Waals surface area contributed by atoms with Crippen molar-refractivity contribution in [2.45, 2.75) is 19.5 Å². The first-order valence-electron chi connectivity index (χ1n) is 5.35. The molecule has 0 bridgehead atoms. The van der Waals surface area contributed by atoms with Crippen LogP contribution in [0.4, 0.5) is 0 Å². The van der Waals surface area contributed by atoms with Crippen LogP contribution >= 0.6 is 34.5 Å². The van der Waals surface area contributed by atoms with E-state index >= 15 is 0 Å². The number of hydrogen-bond donors (Lipinski definition) is 1. The predicted molar refractivity (Wildman–Crippen MR) is 76.0 cm³/mol. The smallest absolute Gasteiger partial charge is 0.0424 e. The second kappa shape index (κ2) is 5.87. The molecule has 0 saturated carbocycles. The molecule has 1 nitrogen and oxygen atoms in total. The molecule has 4 heteroatoms. The van der Waals surface area contributed by atoms with Gasteiger partial charge in [0.05, 0.1) is 0 Å². The summed E-state index contributed by atoms with van der Waals surface area (Å²) in [6, 6.07) is 8.07. The number of rotatable bonds is 4. The molecule has 17 heavy (non-hydrogen) atoms. The van der Waals surface area contributed by atoms with E-state index in [1.165, 1.54) is 5.56 Å². The number of thiophene rings is 1. The van der Waals surface area contributed by atoms with Crippen LogP contribution in [0.5, 0.6) is 0 Å². The van der Waals surface area contributed by atoms with Crippen LogP contribution in [-0.4, -0.2) is 0 Å². The molecule has 0 aliphatic carbocycles. The Morgan fingerprint density at radius 2 is 1.94 bits per heavy atom. The maximum absolute atomic E-state index is 5.95. The van der Waals surface area contributed by atoms with E-state index in [9.17, 15) is 0 Å². The highest BCUT2D eigenvalue weighted by Crippen LogP contribution is 2.20. The van der Waals surface area contributed by atoms with E-state index < -0.39 is 0 Å². The molecule has 1 heterocycles. The Kier molecular flexibility index (Phi) is 4.46. The largest absolute Gasteiger partial charge is 0.306 e. The van der Waals surface area contributed by atoms with Crippen molar-refractivity contribution < 1.29 is 0 Å². The molecule has 0 fully saturated rings. The summed E-state index contributed by atoms with van der Waals surface area (Å²) in [6.45, 7) is 2.91. The van der Waals surface area contributed by atoms with Crippen LogP contribution in [0.25, 0.3) is 0 Å². The quantitative estimate of drug-likeness (QED) is 0.842. The molecule has 0 spiro atoms. The summed E-state index contributed by atoms with van der Waals surface area (Å²) in [5.41, 5.74) is 2.41. The van der Waals surface area contributed by atoms with Crippen LogP contribution in [0.15, 0.2) is 35.0 Å². The summed E-state index contributed by atoms with van der Waals surface area (Å²) in [5.74, 6) is 0. The molecule has 1 aromatic carbocycles. The molecule has 1 N–H and O–H groups in total. The minimum Gasteiger partial charge on any atom is -0.306 e. The Morgan fingerprint density at radius 3 is 2.53 bits per heavy atom. The van der Waals surface area contributed by atoms with Crippen molar-refractivity contribution in [2.24, 2.45) is 0 Å². The third-order valence-corrected chi connectivity index (χ3v) is 3.72. The van der Waals surface area contributed by atoms with Gasteiger partial charge in [-0.3, -0.25) is 0 Å². The number of benzene rings is 1. The summed E-state index contributed by atoms with van der Waals surface area (Å²) in [7, 11) is 0. The van der Waals surface area contributed by atoms with Crippen LogP contribution < -0.4 is 5.32 Å². The van der Waals surface area contributed by atoms with E-state index in [1.54, 1.807) is 17.4 Å². The summed E-state index contributed by atoms with van der Waals surface area (Å²) in [4.78, 5) is 0. The topological polar surface area (TPSA) is 12.0 Å². The second-order valence-electron chi connectivity index (χ2n) is 3.94. The van der Waals surface area contributed by atoms with Crippen LogP contribution in [-0.2, 0) is 6.54 Å². The fourth-order valence-corrected chi connectivity index (χ4v) is 2.95. The van der Waals surface area contributed by atoms with Gasteiger partial charge >= 0.3 is 0 Å². The van der Waals surface area contributed by atoms with Crippen molar-refractivity contribution in [3.63, 3.8) is 0 Å². The Labute approximate surface area is 115 Å². The number of hydrogen-bond acceptors (Lipinski definition) is 2. The third-order valence-electron chi connectivity index (χ3n) is 2.58. The highest BCUT2D eigenvalue weighted by molar-refractivity contribution is 7.07. The first-order chi connectivity index (χ1) is 8.15. The highest BCUT2D eigenvalue weighted by atomic mass is 35.5. The fourth-order valence-electron chi connectivity index (χ4n) is 1.62. The van der Waals surface area contributed by atoms with E-state index in [1.807, 2.05) is 12.1 Å². The van der Waals surface area contributed by atoms with E-state index in [-0.39, 0.29) is 0 Å². The van der Waals surface area contributed by atoms with E-state index in [2.05, 4.69) is 29.1 Å². The number of nitrogens with one attached hydrogen (secondary N) is 1. The molecule has 1 atom stereocenters. The molecule has 90 valence electrons. The number of halogens is 2. The Bertz CT molecular complexity index is 462. The van der Waals surface area contributed by atoms with Crippen LogP contribution in [0.1, 0.15) is 24.1 Å². The van der Waals surface area contributed by atoms with Gasteiger partial charge in [-0.15, -0.1) is 0 Å². The minimum atomic E-state index is 0.332. The molecule has 0 radical (unpaired) electrons. The second-order valence-corrected chi connectivity index (χ2v) is 5.59. The summed E-state index contributed by atoms with van der Waals surface area (Å²) in [6.07, 6.45) is 0. The van der Waals surface area contributed by atoms with Gasteiger partial charge in [0.1, 0.15) is 0 Å². The van der Waals surface area contributed by atoms with Gasteiger partial charge in [-0.25, -0.2) is 0 Å². The standard InChI is InChI=1S/C13H13Cl2NS/c1-9(11-2-3-17-8-11)16-7-10-4-12(14)6-13(15)5-10/h2-6,8-9,16H,7H2,1H3. The lowest BCUT2D eigenvalue weighted by molar-refractivity contribution is 0.576. The summed E-state index contributed by atoms with van der Waals surface area (Å²) < 4.78 is 0. The minimum absolute atomic E-state index is 0.332. The molecule has 0 aliphatic heterocycles. The monoisotopic (exact) mass is 285 g/mol. The van der Waals surface area contributed by atoms with Gasteiger partial charge in [0.2, 0.25) is 0 Å². The maximum atomic E-state index is 5.95. The molecule has 0 saturated heterocycles. The molecular formula is C13H13Cl2NS. The Morgan fingerprint density at radius 1 is 1.24 bits per heavy atom. The molecule has 2 aromatic rings. The summed E-state index contributed by atoms with van der Waals surface area (Å²) in [5, 5.41) is 9.04. The average molecular weight is 286 g/mol. The molecule has 0 aliphatic rings. The molecule has 0 amide bonds. The van der Waals surface area contributed by atoms with Crippen LogP contribution in [0.3, 0.4) is 0 Å². The lowest BCUT2D eigenvalue weighted by atomic mass is 10.1. The van der Waals surface area contributed by atoms with Gasteiger partial charge in [0.25, 0.3) is 0 Å². The Balaban J connectivity index is 1.98. The predicted octanol–water partition coefficient (Wildman–Crippen LogP) is 4.91. The van der Waals surface area contributed by atoms with Gasteiger partial charge in [0.15, 0.2) is 0 Å². The summed E-state index contributed by atoms with van der Waals surface area (Å²) >= 11 is 13.6. The van der Waals surface area contributed by atoms with Crippen molar-refractivity contribution in [1.82, 2.24) is 5.32 Å². The van der Waals surface area contributed by atoms with Gasteiger partial charge in [-0.2, -0.15) is 11.3 Å². The molecular weight excluding hydrogens is 273 g/mol. The van der Waals surface area contributed by atoms with Crippen LogP contribution in [0.2, 0.25) is 10.0 Å². The van der Waals surface area contributed by atoms with Gasteiger partial charge in [0, 0.05) is 22.6 Å². The van der Waals surface area contributed by atoms with Crippen molar-refractivity contribution in [3.05, 3.63) is 56.2 Å². The van der Waals surface area contributed by atoms with Gasteiger partial charge in [-0.05, 0) is 53.1 Å². The molecule has 2 rings (SSSR count). The molecule has 1 aromatic heterocycles. The Hall–Kier alpha value is -0.540. The first-order valence-corrected chi connectivity index (χ1v) is 7.05. The SMILES string of the molecule is CC(NCc1cc(Cl)cc(Cl)c1)c1ccsc1. The van der Waals surface area contributed by atoms with Crippen molar-refractivity contribution >= 4 is 34.5 Å². The van der Waals surface area contributed by atoms with Crippen molar-refractivity contribution in [3.8, 4) is 0 Å². The zero-order chi connectivity index (χ0) is 12.3. The van der Waals surface area contributed by atoms with E-state index in [0.29, 0.717) is 16.1 Å². The maximum Gasteiger partial charge on any atom is 0.0424 e. The lowest BCUT2D eigenvalue weighted by Gasteiger charge is -2.12. The van der Waals surface area contributed by atoms with Gasteiger partial charge in [-0.1, -0.05) is 23.2 Å². The molecule has 1 unspecified atom stereocenters. The fraction of sp³-hybridized carbons (Fsp3) is 0.231. The van der Waals surface area contributed by atoms with E-state index in [0.717, 1.165) is 12.1 Å². The zero-order valence-electron chi connectivity index (χ0n) is 9.41. The van der Waals surface area contributed by atoms with Crippen molar-refractivity contribution in [1.29, 1.82) is 0 Å². The lowest BCUT2D eigenvalue weighted by Crippen LogP contribution is -2.17. The normalized spacial score (nSPS) is 12.6. The highest BCUT2D eigenvalue weighted by Gasteiger charge is 2.05. The van der Waals surface area contributed by atoms with Gasteiger partial charge < -0.3 is 5.32 Å². The van der Waals surface area contributed by atoms with Crippen LogP contribution in [0, 0.1) is 0 Å². The third kappa shape index (κ3) is 3.71. The first kappa shape index (κ1) is 12.9. The van der Waals surface area contributed by atoms with Crippen molar-refractivity contribution in [2.75, 3.05) is 0 Å². The van der Waals surface area contributed by atoms with E-state index in [4.69, 9.17) is 23.2 Å². The zero-order valence-corrected chi connectivity index (χ0v) is 11.7. The average Bonchev–Trinajstić information content (AvgIpc) is 2.78.